The number of benzene rings is 2. The first-order chi connectivity index (χ1) is 11.0. The molecule has 2 rings (SSSR count). The van der Waals surface area contributed by atoms with Gasteiger partial charge in [0.2, 0.25) is 0 Å². The van der Waals surface area contributed by atoms with Gasteiger partial charge in [0.15, 0.2) is 11.5 Å². The Balaban J connectivity index is 2.19. The van der Waals surface area contributed by atoms with Gasteiger partial charge in [-0.15, -0.1) is 6.42 Å². The van der Waals surface area contributed by atoms with Crippen LogP contribution in [0.1, 0.15) is 16.7 Å². The molecule has 0 bridgehead atoms. The van der Waals surface area contributed by atoms with Gasteiger partial charge < -0.3 is 14.8 Å². The molecular formula is C19H20BrNO2. The second-order valence-electron chi connectivity index (χ2n) is 5.27. The number of aryl methyl sites for hydroxylation is 2. The molecule has 0 amide bonds. The predicted octanol–water partition coefficient (Wildman–Crippen LogP) is 4.70. The van der Waals surface area contributed by atoms with Crippen molar-refractivity contribution in [2.75, 3.05) is 19.0 Å². The van der Waals surface area contributed by atoms with Crippen LogP contribution in [-0.4, -0.2) is 13.7 Å². The van der Waals surface area contributed by atoms with Gasteiger partial charge in [-0.05, 0) is 64.7 Å². The molecule has 0 atom stereocenters. The standard InChI is InChI=1S/C19H20BrNO2/c1-5-8-23-19-16(20)10-15(11-18(19)22-4)12-21-17-9-13(2)6-7-14(17)3/h1,6-7,9-11,21H,8,12H2,2-4H3. The monoisotopic (exact) mass is 373 g/mol. The molecule has 0 saturated heterocycles. The number of nitrogens with one attached hydrogen (secondary N) is 1. The third-order valence-electron chi connectivity index (χ3n) is 3.47. The number of terminal acetylenes is 1. The zero-order chi connectivity index (χ0) is 16.8. The lowest BCUT2D eigenvalue weighted by Crippen LogP contribution is -2.03. The highest BCUT2D eigenvalue weighted by molar-refractivity contribution is 9.10. The van der Waals surface area contributed by atoms with Crippen molar-refractivity contribution in [1.29, 1.82) is 0 Å². The molecule has 0 aromatic heterocycles. The molecule has 2 aromatic carbocycles. The van der Waals surface area contributed by atoms with E-state index in [9.17, 15) is 0 Å². The maximum atomic E-state index is 5.53. The van der Waals surface area contributed by atoms with E-state index in [4.69, 9.17) is 15.9 Å². The Morgan fingerprint density at radius 3 is 2.70 bits per heavy atom. The molecule has 0 aliphatic carbocycles. The minimum absolute atomic E-state index is 0.203. The minimum atomic E-state index is 0.203. The number of anilines is 1. The molecule has 4 heteroatoms. The highest BCUT2D eigenvalue weighted by Gasteiger charge is 2.11. The second kappa shape index (κ2) is 7.94. The minimum Gasteiger partial charge on any atom is -0.493 e. The van der Waals surface area contributed by atoms with E-state index in [1.165, 1.54) is 11.1 Å². The Morgan fingerprint density at radius 2 is 2.00 bits per heavy atom. The quantitative estimate of drug-likeness (QED) is 0.744. The molecule has 0 unspecified atom stereocenters. The Hall–Kier alpha value is -2.12. The van der Waals surface area contributed by atoms with Gasteiger partial charge in [-0.3, -0.25) is 0 Å². The fraction of sp³-hybridized carbons (Fsp3) is 0.263. The summed E-state index contributed by atoms with van der Waals surface area (Å²) in [5.41, 5.74) is 4.67. The Bertz CT molecular complexity index is 735. The summed E-state index contributed by atoms with van der Waals surface area (Å²) >= 11 is 3.52. The van der Waals surface area contributed by atoms with Crippen LogP contribution in [0, 0.1) is 26.2 Å². The summed E-state index contributed by atoms with van der Waals surface area (Å²) in [6.45, 7) is 5.07. The summed E-state index contributed by atoms with van der Waals surface area (Å²) in [5, 5.41) is 3.46. The molecule has 0 spiro atoms. The van der Waals surface area contributed by atoms with Crippen LogP contribution >= 0.6 is 15.9 Å². The summed E-state index contributed by atoms with van der Waals surface area (Å²) in [6, 6.07) is 10.3. The highest BCUT2D eigenvalue weighted by Crippen LogP contribution is 2.36. The molecule has 1 N–H and O–H groups in total. The van der Waals surface area contributed by atoms with Gasteiger partial charge in [-0.1, -0.05) is 18.1 Å². The lowest BCUT2D eigenvalue weighted by Gasteiger charge is -2.15. The van der Waals surface area contributed by atoms with Gasteiger partial charge in [-0.2, -0.15) is 0 Å². The first-order valence-corrected chi connectivity index (χ1v) is 8.08. The lowest BCUT2D eigenvalue weighted by molar-refractivity contribution is 0.328. The Morgan fingerprint density at radius 1 is 1.22 bits per heavy atom. The van der Waals surface area contributed by atoms with Crippen molar-refractivity contribution in [3.05, 3.63) is 51.5 Å². The van der Waals surface area contributed by atoms with Crippen LogP contribution in [0.15, 0.2) is 34.8 Å². The largest absolute Gasteiger partial charge is 0.493 e. The van der Waals surface area contributed by atoms with E-state index >= 15 is 0 Å². The van der Waals surface area contributed by atoms with Crippen molar-refractivity contribution < 1.29 is 9.47 Å². The van der Waals surface area contributed by atoms with Crippen LogP contribution in [0.4, 0.5) is 5.69 Å². The average molecular weight is 374 g/mol. The van der Waals surface area contributed by atoms with E-state index in [1.54, 1.807) is 7.11 Å². The van der Waals surface area contributed by atoms with Crippen molar-refractivity contribution in [2.24, 2.45) is 0 Å². The van der Waals surface area contributed by atoms with Crippen molar-refractivity contribution in [2.45, 2.75) is 20.4 Å². The van der Waals surface area contributed by atoms with E-state index in [1.807, 2.05) is 12.1 Å². The molecule has 0 aliphatic heterocycles. The number of hydrogen-bond acceptors (Lipinski definition) is 3. The molecule has 23 heavy (non-hydrogen) atoms. The zero-order valence-corrected chi connectivity index (χ0v) is 15.2. The number of methoxy groups -OCH3 is 1. The van der Waals surface area contributed by atoms with Crippen LogP contribution in [0.5, 0.6) is 11.5 Å². The lowest BCUT2D eigenvalue weighted by atomic mass is 10.1. The van der Waals surface area contributed by atoms with E-state index in [2.05, 4.69) is 59.2 Å². The number of ether oxygens (including phenoxy) is 2. The number of rotatable bonds is 6. The normalized spacial score (nSPS) is 10.0. The molecule has 0 radical (unpaired) electrons. The summed E-state index contributed by atoms with van der Waals surface area (Å²) in [5.74, 6) is 3.74. The summed E-state index contributed by atoms with van der Waals surface area (Å²) in [4.78, 5) is 0. The highest BCUT2D eigenvalue weighted by atomic mass is 79.9. The fourth-order valence-corrected chi connectivity index (χ4v) is 2.86. The molecule has 2 aromatic rings. The molecule has 0 heterocycles. The molecular weight excluding hydrogens is 354 g/mol. The van der Waals surface area contributed by atoms with Crippen LogP contribution in [0.25, 0.3) is 0 Å². The van der Waals surface area contributed by atoms with Gasteiger partial charge in [0, 0.05) is 12.2 Å². The van der Waals surface area contributed by atoms with E-state index < -0.39 is 0 Å². The summed E-state index contributed by atoms with van der Waals surface area (Å²) < 4.78 is 11.8. The number of halogens is 1. The Kier molecular flexibility index (Phi) is 5.95. The van der Waals surface area contributed by atoms with Gasteiger partial charge in [0.25, 0.3) is 0 Å². The summed E-state index contributed by atoms with van der Waals surface area (Å²) in [6.07, 6.45) is 5.25. The van der Waals surface area contributed by atoms with Gasteiger partial charge in [-0.25, -0.2) is 0 Å². The van der Waals surface area contributed by atoms with Crippen molar-refractivity contribution >= 4 is 21.6 Å². The topological polar surface area (TPSA) is 30.5 Å². The maximum Gasteiger partial charge on any atom is 0.176 e. The van der Waals surface area contributed by atoms with Crippen LogP contribution in [-0.2, 0) is 6.54 Å². The maximum absolute atomic E-state index is 5.53. The van der Waals surface area contributed by atoms with Crippen LogP contribution in [0.2, 0.25) is 0 Å². The number of hydrogen-bond donors (Lipinski definition) is 1. The van der Waals surface area contributed by atoms with E-state index in [0.717, 1.165) is 15.7 Å². The molecule has 0 fully saturated rings. The van der Waals surface area contributed by atoms with E-state index in [-0.39, 0.29) is 6.61 Å². The average Bonchev–Trinajstić information content (AvgIpc) is 2.54. The molecule has 0 aliphatic rings. The third kappa shape index (κ3) is 4.43. The second-order valence-corrected chi connectivity index (χ2v) is 6.13. The summed E-state index contributed by atoms with van der Waals surface area (Å²) in [7, 11) is 1.62. The first kappa shape index (κ1) is 17.2. The van der Waals surface area contributed by atoms with Gasteiger partial charge in [0.05, 0.1) is 11.6 Å². The van der Waals surface area contributed by atoms with Crippen molar-refractivity contribution in [1.82, 2.24) is 0 Å². The SMILES string of the molecule is C#CCOc1c(Br)cc(CNc2cc(C)ccc2C)cc1OC. The Labute approximate surface area is 146 Å². The predicted molar refractivity (Wildman–Crippen MR) is 98.3 cm³/mol. The van der Waals surface area contributed by atoms with Crippen molar-refractivity contribution in [3.8, 4) is 23.8 Å². The molecule has 0 saturated carbocycles. The smallest absolute Gasteiger partial charge is 0.176 e. The van der Waals surface area contributed by atoms with Gasteiger partial charge >= 0.3 is 0 Å². The first-order valence-electron chi connectivity index (χ1n) is 7.29. The van der Waals surface area contributed by atoms with E-state index in [0.29, 0.717) is 18.0 Å². The fourth-order valence-electron chi connectivity index (χ4n) is 2.25. The van der Waals surface area contributed by atoms with Crippen LogP contribution in [0.3, 0.4) is 0 Å². The molecule has 3 nitrogen and oxygen atoms in total. The van der Waals surface area contributed by atoms with Gasteiger partial charge in [0.1, 0.15) is 6.61 Å². The van der Waals surface area contributed by atoms with Crippen LogP contribution < -0.4 is 14.8 Å². The third-order valence-corrected chi connectivity index (χ3v) is 4.05. The zero-order valence-electron chi connectivity index (χ0n) is 13.6. The molecule has 120 valence electrons. The van der Waals surface area contributed by atoms with Crippen molar-refractivity contribution in [3.63, 3.8) is 0 Å².